The summed E-state index contributed by atoms with van der Waals surface area (Å²) < 4.78 is 0. The first-order valence-corrected chi connectivity index (χ1v) is 7.55. The molecule has 0 aromatic heterocycles. The van der Waals surface area contributed by atoms with Gasteiger partial charge in [-0.05, 0) is 30.2 Å². The van der Waals surface area contributed by atoms with Gasteiger partial charge in [0.1, 0.15) is 0 Å². The molecule has 0 radical (unpaired) electrons. The van der Waals surface area contributed by atoms with Gasteiger partial charge in [-0.3, -0.25) is 4.90 Å². The number of benzene rings is 1. The van der Waals surface area contributed by atoms with Crippen LogP contribution < -0.4 is 0 Å². The van der Waals surface area contributed by atoms with Crippen LogP contribution in [-0.2, 0) is 0 Å². The molecule has 1 aromatic rings. The molecule has 3 atom stereocenters. The number of nitrogens with zero attached hydrogens (tertiary/aromatic N) is 1. The summed E-state index contributed by atoms with van der Waals surface area (Å²) in [5, 5.41) is 9.88. The molecule has 1 aliphatic heterocycles. The maximum atomic E-state index is 9.88. The number of hydrogen-bond acceptors (Lipinski definition) is 2. The van der Waals surface area contributed by atoms with Crippen molar-refractivity contribution in [3.63, 3.8) is 0 Å². The predicted molar refractivity (Wildman–Crippen MR) is 80.0 cm³/mol. The lowest BCUT2D eigenvalue weighted by molar-refractivity contribution is 0.0166. The van der Waals surface area contributed by atoms with Gasteiger partial charge in [0.25, 0.3) is 0 Å². The molecule has 0 amide bonds. The average molecular weight is 261 g/mol. The SMILES string of the molecule is CC(C)[C@H]1CC[C@@H](C)CN1[C@@H](CO)c1ccccc1. The number of hydrogen-bond donors (Lipinski definition) is 1. The van der Waals surface area contributed by atoms with E-state index in [-0.39, 0.29) is 12.6 Å². The molecule has 1 saturated heterocycles. The highest BCUT2D eigenvalue weighted by molar-refractivity contribution is 5.19. The second-order valence-corrected chi connectivity index (χ2v) is 6.30. The minimum Gasteiger partial charge on any atom is -0.394 e. The van der Waals surface area contributed by atoms with Crippen molar-refractivity contribution in [1.29, 1.82) is 0 Å². The normalized spacial score (nSPS) is 26.6. The van der Waals surface area contributed by atoms with E-state index in [4.69, 9.17) is 0 Å². The molecule has 19 heavy (non-hydrogen) atoms. The number of piperidine rings is 1. The Hall–Kier alpha value is -0.860. The van der Waals surface area contributed by atoms with Crippen LogP contribution >= 0.6 is 0 Å². The zero-order chi connectivity index (χ0) is 13.8. The lowest BCUT2D eigenvalue weighted by Crippen LogP contribution is -2.48. The van der Waals surface area contributed by atoms with Crippen molar-refractivity contribution in [2.45, 2.75) is 45.7 Å². The molecule has 1 fully saturated rings. The molecule has 0 spiro atoms. The molecule has 0 unspecified atom stereocenters. The van der Waals surface area contributed by atoms with E-state index in [0.717, 1.165) is 12.5 Å². The van der Waals surface area contributed by atoms with E-state index in [2.05, 4.69) is 49.9 Å². The minimum atomic E-state index is 0.149. The second kappa shape index (κ2) is 6.53. The second-order valence-electron chi connectivity index (χ2n) is 6.30. The Kier molecular flexibility index (Phi) is 5.00. The van der Waals surface area contributed by atoms with Gasteiger partial charge in [0.2, 0.25) is 0 Å². The van der Waals surface area contributed by atoms with Gasteiger partial charge < -0.3 is 5.11 Å². The Morgan fingerprint density at radius 3 is 2.47 bits per heavy atom. The van der Waals surface area contributed by atoms with Crippen molar-refractivity contribution in [3.8, 4) is 0 Å². The first-order chi connectivity index (χ1) is 9.13. The summed E-state index contributed by atoms with van der Waals surface area (Å²) in [7, 11) is 0. The van der Waals surface area contributed by atoms with E-state index in [1.165, 1.54) is 18.4 Å². The summed E-state index contributed by atoms with van der Waals surface area (Å²) in [6.45, 7) is 8.23. The predicted octanol–water partition coefficient (Wildman–Crippen LogP) is 3.48. The third-order valence-corrected chi connectivity index (χ3v) is 4.43. The van der Waals surface area contributed by atoms with Gasteiger partial charge in [0.05, 0.1) is 12.6 Å². The summed E-state index contributed by atoms with van der Waals surface area (Å²) in [6, 6.07) is 11.2. The summed E-state index contributed by atoms with van der Waals surface area (Å²) in [5.41, 5.74) is 1.24. The van der Waals surface area contributed by atoms with Crippen LogP contribution in [0.25, 0.3) is 0 Å². The molecule has 2 heteroatoms. The molecule has 0 bridgehead atoms. The number of likely N-dealkylation sites (tertiary alicyclic amines) is 1. The fraction of sp³-hybridized carbons (Fsp3) is 0.647. The quantitative estimate of drug-likeness (QED) is 0.897. The highest BCUT2D eigenvalue weighted by Gasteiger charge is 2.33. The van der Waals surface area contributed by atoms with Crippen molar-refractivity contribution in [1.82, 2.24) is 4.90 Å². The molecule has 2 nitrogen and oxygen atoms in total. The van der Waals surface area contributed by atoms with Crippen molar-refractivity contribution in [3.05, 3.63) is 35.9 Å². The highest BCUT2D eigenvalue weighted by atomic mass is 16.3. The summed E-state index contributed by atoms with van der Waals surface area (Å²) in [4.78, 5) is 2.54. The monoisotopic (exact) mass is 261 g/mol. The third kappa shape index (κ3) is 3.37. The van der Waals surface area contributed by atoms with Crippen LogP contribution in [0, 0.1) is 11.8 Å². The molecule has 1 aromatic carbocycles. The maximum Gasteiger partial charge on any atom is 0.0628 e. The average Bonchev–Trinajstić information content (AvgIpc) is 2.40. The first kappa shape index (κ1) is 14.5. The van der Waals surface area contributed by atoms with Crippen molar-refractivity contribution in [2.24, 2.45) is 11.8 Å². The molecular formula is C17H27NO. The van der Waals surface area contributed by atoms with E-state index in [0.29, 0.717) is 12.0 Å². The maximum absolute atomic E-state index is 9.88. The van der Waals surface area contributed by atoms with E-state index < -0.39 is 0 Å². The van der Waals surface area contributed by atoms with Crippen LogP contribution in [0.5, 0.6) is 0 Å². The van der Waals surface area contributed by atoms with E-state index in [1.54, 1.807) is 0 Å². The van der Waals surface area contributed by atoms with Crippen LogP contribution in [0.3, 0.4) is 0 Å². The highest BCUT2D eigenvalue weighted by Crippen LogP contribution is 2.33. The lowest BCUT2D eigenvalue weighted by Gasteiger charge is -2.45. The molecule has 0 aliphatic carbocycles. The van der Waals surface area contributed by atoms with Gasteiger partial charge in [0, 0.05) is 12.6 Å². The Morgan fingerprint density at radius 1 is 1.21 bits per heavy atom. The molecule has 2 rings (SSSR count). The van der Waals surface area contributed by atoms with Gasteiger partial charge in [0.15, 0.2) is 0 Å². The van der Waals surface area contributed by atoms with Crippen LogP contribution in [-0.4, -0.2) is 29.2 Å². The Morgan fingerprint density at radius 2 is 1.89 bits per heavy atom. The number of aliphatic hydroxyl groups is 1. The smallest absolute Gasteiger partial charge is 0.0628 e. The van der Waals surface area contributed by atoms with Crippen LogP contribution in [0.2, 0.25) is 0 Å². The van der Waals surface area contributed by atoms with Crippen LogP contribution in [0.4, 0.5) is 0 Å². The fourth-order valence-electron chi connectivity index (χ4n) is 3.36. The molecule has 1 N–H and O–H groups in total. The molecular weight excluding hydrogens is 234 g/mol. The summed E-state index contributed by atoms with van der Waals surface area (Å²) in [5.74, 6) is 1.37. The number of rotatable bonds is 4. The summed E-state index contributed by atoms with van der Waals surface area (Å²) >= 11 is 0. The zero-order valence-corrected chi connectivity index (χ0v) is 12.4. The topological polar surface area (TPSA) is 23.5 Å². The zero-order valence-electron chi connectivity index (χ0n) is 12.4. The van der Waals surface area contributed by atoms with Gasteiger partial charge in [-0.1, -0.05) is 51.1 Å². The number of aliphatic hydroxyl groups excluding tert-OH is 1. The van der Waals surface area contributed by atoms with E-state index in [9.17, 15) is 5.11 Å². The largest absolute Gasteiger partial charge is 0.394 e. The van der Waals surface area contributed by atoms with Crippen LogP contribution in [0.1, 0.15) is 45.2 Å². The van der Waals surface area contributed by atoms with Gasteiger partial charge in [-0.15, -0.1) is 0 Å². The molecule has 1 aliphatic rings. The first-order valence-electron chi connectivity index (χ1n) is 7.55. The van der Waals surface area contributed by atoms with Gasteiger partial charge in [-0.2, -0.15) is 0 Å². The molecule has 106 valence electrons. The minimum absolute atomic E-state index is 0.149. The van der Waals surface area contributed by atoms with Crippen molar-refractivity contribution >= 4 is 0 Å². The Labute approximate surface area is 117 Å². The van der Waals surface area contributed by atoms with E-state index >= 15 is 0 Å². The van der Waals surface area contributed by atoms with E-state index in [1.807, 2.05) is 6.07 Å². The fourth-order valence-corrected chi connectivity index (χ4v) is 3.36. The van der Waals surface area contributed by atoms with Crippen LogP contribution in [0.15, 0.2) is 30.3 Å². The molecule has 0 saturated carbocycles. The Bertz CT molecular complexity index is 376. The van der Waals surface area contributed by atoms with Gasteiger partial charge in [-0.25, -0.2) is 0 Å². The third-order valence-electron chi connectivity index (χ3n) is 4.43. The van der Waals surface area contributed by atoms with Crippen molar-refractivity contribution in [2.75, 3.05) is 13.2 Å². The lowest BCUT2D eigenvalue weighted by atomic mass is 9.86. The summed E-state index contributed by atoms with van der Waals surface area (Å²) in [6.07, 6.45) is 2.56. The van der Waals surface area contributed by atoms with Gasteiger partial charge >= 0.3 is 0 Å². The standard InChI is InChI=1S/C17H27NO/c1-13(2)16-10-9-14(3)11-18(16)17(12-19)15-7-5-4-6-8-15/h4-8,13-14,16-17,19H,9-12H2,1-3H3/t14-,16-,17+/m1/s1. The van der Waals surface area contributed by atoms with Crippen molar-refractivity contribution < 1.29 is 5.11 Å². The Balaban J connectivity index is 2.23. The molecule has 1 heterocycles.